The summed E-state index contributed by atoms with van der Waals surface area (Å²) in [6.45, 7) is -9.83. The zero-order valence-corrected chi connectivity index (χ0v) is 25.5. The molecule has 0 radical (unpaired) electrons. The topological polar surface area (TPSA) is 249 Å². The van der Waals surface area contributed by atoms with Crippen LogP contribution in [-0.4, -0.2) is 94.0 Å². The fraction of sp³-hybridized carbons (Fsp3) is 0.500. The van der Waals surface area contributed by atoms with E-state index in [1.54, 1.807) is 0 Å². The molecule has 0 aliphatic carbocycles. The van der Waals surface area contributed by atoms with Crippen LogP contribution in [0.25, 0.3) is 22.3 Å². The normalized spacial score (nSPS) is 38.3. The first-order chi connectivity index (χ1) is 20.9. The predicted molar refractivity (Wildman–Crippen MR) is 153 cm³/mol. The number of nitrogen functional groups attached to an aromatic ring is 2. The summed E-state index contributed by atoms with van der Waals surface area (Å²) < 4.78 is 79.2. The van der Waals surface area contributed by atoms with E-state index in [2.05, 4.69) is 54.4 Å². The lowest BCUT2D eigenvalue weighted by Gasteiger charge is -2.28. The van der Waals surface area contributed by atoms with E-state index in [0.717, 1.165) is 0 Å². The minimum atomic E-state index is -4.34. The number of nitrogens with two attached hydrogens (primary N) is 2. The SMILES string of the molecule is Nc1ncnc2c1ncn2[C@@H]1OC2CO[P@@](=O)(S)O[C@@H]3C(CO[P@@](=O)(S)O[C@H]2[C@H]1O)O[C@@H](n1cnc2c(N)ncnc21)[C@@H]3F. The highest BCUT2D eigenvalue weighted by Gasteiger charge is 2.54. The van der Waals surface area contributed by atoms with E-state index in [-0.39, 0.29) is 34.0 Å². The third-order valence-electron chi connectivity index (χ3n) is 7.21. The summed E-state index contributed by atoms with van der Waals surface area (Å²) >= 11 is 8.07. The van der Waals surface area contributed by atoms with Gasteiger partial charge in [-0.2, -0.15) is 0 Å². The second kappa shape index (κ2) is 11.1. The molecule has 10 atom stereocenters. The standard InChI is InChI=1S/C20H23FN10O9P2S2/c21-9-13-7(37-19(9)30-5-28-10-15(22)24-3-26-17(10)30)1-35-42(34,44)40-14-8(2-36-41(33,43)39-13)38-20(12(14)32)31-6-29-11-16(23)25-4-27-18(11)31/h3-9,12-14,19-20,32H,1-2H2,(H,33,43)(H,34,44)(H2,22,24,26)(H2,23,25,27)/t7?,8?,9-,12-,13-,14-,19-,20-,41-,42-/m1/s1. The molecule has 2 unspecified atom stereocenters. The minimum Gasteiger partial charge on any atom is -0.386 e. The molecule has 5 N–H and O–H groups in total. The molecule has 3 aliphatic rings. The highest BCUT2D eigenvalue weighted by molar-refractivity contribution is 8.44. The van der Waals surface area contributed by atoms with Crippen molar-refractivity contribution in [2.45, 2.75) is 49.1 Å². The Morgan fingerprint density at radius 3 is 1.84 bits per heavy atom. The average molecular weight is 693 g/mol. The van der Waals surface area contributed by atoms with Crippen LogP contribution in [0.4, 0.5) is 16.0 Å². The van der Waals surface area contributed by atoms with Gasteiger partial charge in [-0.15, -0.1) is 0 Å². The Kier molecular flexibility index (Phi) is 7.61. The average Bonchev–Trinajstić information content (AvgIpc) is 3.73. The first-order valence-electron chi connectivity index (χ1n) is 12.7. The molecule has 3 saturated heterocycles. The smallest absolute Gasteiger partial charge is 0.386 e. The Bertz CT molecular complexity index is 1710. The lowest BCUT2D eigenvalue weighted by Crippen LogP contribution is -2.37. The number of imidazole rings is 2. The number of aromatic nitrogens is 8. The van der Waals surface area contributed by atoms with Gasteiger partial charge in [0.1, 0.15) is 54.2 Å². The maximum Gasteiger partial charge on any atom is 0.386 e. The highest BCUT2D eigenvalue weighted by atomic mass is 32.7. The monoisotopic (exact) mass is 692 g/mol. The van der Waals surface area contributed by atoms with Crippen molar-refractivity contribution in [2.75, 3.05) is 24.7 Å². The Balaban J connectivity index is 1.17. The van der Waals surface area contributed by atoms with Gasteiger partial charge >= 0.3 is 13.6 Å². The molecule has 0 amide bonds. The van der Waals surface area contributed by atoms with Crippen molar-refractivity contribution in [1.82, 2.24) is 39.0 Å². The van der Waals surface area contributed by atoms with Crippen LogP contribution in [0.3, 0.4) is 0 Å². The van der Waals surface area contributed by atoms with Crippen molar-refractivity contribution in [3.05, 3.63) is 25.3 Å². The van der Waals surface area contributed by atoms with E-state index >= 15 is 4.39 Å². The second-order valence-corrected chi connectivity index (χ2v) is 15.7. The third-order valence-corrected chi connectivity index (χ3v) is 10.4. The van der Waals surface area contributed by atoms with Gasteiger partial charge in [0.25, 0.3) is 0 Å². The Labute approximate surface area is 256 Å². The van der Waals surface area contributed by atoms with Crippen molar-refractivity contribution in [1.29, 1.82) is 0 Å². The van der Waals surface area contributed by atoms with Crippen LogP contribution < -0.4 is 11.5 Å². The molecule has 3 aliphatic heterocycles. The molecule has 7 heterocycles. The number of hydrogen-bond acceptors (Lipinski definition) is 17. The molecule has 0 bridgehead atoms. The molecule has 4 aromatic heterocycles. The fourth-order valence-corrected chi connectivity index (χ4v) is 8.18. The van der Waals surface area contributed by atoms with Gasteiger partial charge < -0.3 is 26.0 Å². The molecule has 3 fully saturated rings. The largest absolute Gasteiger partial charge is 0.386 e. The van der Waals surface area contributed by atoms with Crippen molar-refractivity contribution < 1.29 is 46.2 Å². The van der Waals surface area contributed by atoms with Crippen LogP contribution in [-0.2, 0) is 36.7 Å². The quantitative estimate of drug-likeness (QED) is 0.146. The van der Waals surface area contributed by atoms with Crippen molar-refractivity contribution in [2.24, 2.45) is 0 Å². The Hall–Kier alpha value is -2.49. The summed E-state index contributed by atoms with van der Waals surface area (Å²) in [5.74, 6) is 0.152. The van der Waals surface area contributed by atoms with E-state index < -0.39 is 76.0 Å². The summed E-state index contributed by atoms with van der Waals surface area (Å²) in [6, 6.07) is 0. The van der Waals surface area contributed by atoms with Crippen molar-refractivity contribution >= 4 is 72.1 Å². The number of thiol groups is 2. The molecule has 0 saturated carbocycles. The molecule has 19 nitrogen and oxygen atoms in total. The maximum atomic E-state index is 16.0. The van der Waals surface area contributed by atoms with Crippen LogP contribution >= 0.6 is 38.1 Å². The van der Waals surface area contributed by atoms with Crippen LogP contribution in [0.2, 0.25) is 0 Å². The van der Waals surface area contributed by atoms with E-state index in [9.17, 15) is 14.2 Å². The summed E-state index contributed by atoms with van der Waals surface area (Å²) in [5.41, 5.74) is 12.5. The van der Waals surface area contributed by atoms with Crippen molar-refractivity contribution in [3.8, 4) is 0 Å². The number of aliphatic hydroxyl groups excluding tert-OH is 1. The van der Waals surface area contributed by atoms with Gasteiger partial charge in [-0.3, -0.25) is 27.2 Å². The molecule has 236 valence electrons. The van der Waals surface area contributed by atoms with Gasteiger partial charge in [0, 0.05) is 0 Å². The first-order valence-corrected chi connectivity index (χ1v) is 18.1. The molecular formula is C20H23FN10O9P2S2. The van der Waals surface area contributed by atoms with Crippen LogP contribution in [0, 0.1) is 0 Å². The fourth-order valence-electron chi connectivity index (χ4n) is 5.21. The number of alkyl halides is 1. The number of hydrogen-bond donors (Lipinski definition) is 5. The summed E-state index contributed by atoms with van der Waals surface area (Å²) in [4.78, 5) is 24.2. The van der Waals surface area contributed by atoms with Gasteiger partial charge in [0.2, 0.25) is 0 Å². The number of rotatable bonds is 2. The number of anilines is 2. The summed E-state index contributed by atoms with van der Waals surface area (Å²) in [7, 11) is 0. The second-order valence-electron chi connectivity index (χ2n) is 9.90. The first kappa shape index (κ1) is 30.2. The van der Waals surface area contributed by atoms with Crippen molar-refractivity contribution in [3.63, 3.8) is 0 Å². The van der Waals surface area contributed by atoms with Gasteiger partial charge in [0.05, 0.1) is 25.9 Å². The maximum absolute atomic E-state index is 16.0. The highest BCUT2D eigenvalue weighted by Crippen LogP contribution is 2.60. The third kappa shape index (κ3) is 5.26. The van der Waals surface area contributed by atoms with Crippen LogP contribution in [0.1, 0.15) is 12.5 Å². The number of aliphatic hydroxyl groups is 1. The molecular weight excluding hydrogens is 669 g/mol. The zero-order chi connectivity index (χ0) is 31.0. The molecule has 0 spiro atoms. The number of ether oxygens (including phenoxy) is 2. The zero-order valence-electron chi connectivity index (χ0n) is 22.0. The number of fused-ring (bicyclic) bond motifs is 4. The molecule has 44 heavy (non-hydrogen) atoms. The van der Waals surface area contributed by atoms with Crippen LogP contribution in [0.5, 0.6) is 0 Å². The van der Waals surface area contributed by atoms with E-state index in [1.807, 2.05) is 0 Å². The minimum absolute atomic E-state index is 0.0606. The lowest BCUT2D eigenvalue weighted by atomic mass is 10.1. The summed E-state index contributed by atoms with van der Waals surface area (Å²) in [6.07, 6.45) is -6.81. The van der Waals surface area contributed by atoms with Gasteiger partial charge in [-0.05, 0) is 0 Å². The van der Waals surface area contributed by atoms with E-state index in [0.29, 0.717) is 0 Å². The van der Waals surface area contributed by atoms with E-state index in [1.165, 1.54) is 34.4 Å². The Morgan fingerprint density at radius 1 is 0.795 bits per heavy atom. The number of halogens is 1. The molecule has 7 rings (SSSR count). The molecule has 0 aromatic carbocycles. The lowest BCUT2D eigenvalue weighted by molar-refractivity contribution is -0.0555. The van der Waals surface area contributed by atoms with Crippen LogP contribution in [0.15, 0.2) is 25.3 Å². The van der Waals surface area contributed by atoms with Gasteiger partial charge in [0.15, 0.2) is 41.6 Å². The molecule has 24 heteroatoms. The number of nitrogens with zero attached hydrogens (tertiary/aromatic N) is 8. The molecule has 4 aromatic rings. The van der Waals surface area contributed by atoms with Gasteiger partial charge in [-0.25, -0.2) is 43.4 Å². The predicted octanol–water partition coefficient (Wildman–Crippen LogP) is 1.22. The van der Waals surface area contributed by atoms with Gasteiger partial charge in [-0.1, -0.05) is 24.5 Å². The summed E-state index contributed by atoms with van der Waals surface area (Å²) in [5, 5.41) is 11.2. The Morgan fingerprint density at radius 2 is 1.27 bits per heavy atom. The van der Waals surface area contributed by atoms with E-state index in [4.69, 9.17) is 39.0 Å².